The quantitative estimate of drug-likeness (QED) is 0.584. The van der Waals surface area contributed by atoms with Gasteiger partial charge in [0.25, 0.3) is 0 Å². The number of ether oxygens (including phenoxy) is 1. The van der Waals surface area contributed by atoms with E-state index in [2.05, 4.69) is 0 Å². The van der Waals surface area contributed by atoms with Crippen molar-refractivity contribution in [2.75, 3.05) is 6.26 Å². The van der Waals surface area contributed by atoms with E-state index in [9.17, 15) is 4.79 Å². The fourth-order valence-electron chi connectivity index (χ4n) is 0.974. The maximum absolute atomic E-state index is 10.7. The molecule has 0 saturated heterocycles. The molecule has 0 heterocycles. The lowest BCUT2D eigenvalue weighted by atomic mass is 10.2. The fraction of sp³-hybridized carbons (Fsp3) is 0.300. The van der Waals surface area contributed by atoms with E-state index >= 15 is 0 Å². The average Bonchev–Trinajstić information content (AvgIpc) is 2.17. The summed E-state index contributed by atoms with van der Waals surface area (Å²) in [6.07, 6.45) is 2.02. The number of hydrogen-bond donors (Lipinski definition) is 0. The van der Waals surface area contributed by atoms with Crippen molar-refractivity contribution in [2.24, 2.45) is 0 Å². The highest BCUT2D eigenvalue weighted by Crippen LogP contribution is 2.31. The molecule has 1 rings (SSSR count). The van der Waals surface area contributed by atoms with E-state index < -0.39 is 0 Å². The Morgan fingerprint density at radius 2 is 2.14 bits per heavy atom. The molecule has 0 aliphatic heterocycles. The molecule has 0 aliphatic carbocycles. The Morgan fingerprint density at radius 1 is 1.43 bits per heavy atom. The van der Waals surface area contributed by atoms with Crippen LogP contribution in [0.25, 0.3) is 0 Å². The lowest BCUT2D eigenvalue weighted by Crippen LogP contribution is -1.99. The fourth-order valence-corrected chi connectivity index (χ4v) is 2.55. The van der Waals surface area contributed by atoms with Crippen LogP contribution in [0, 0.1) is 0 Å². The van der Waals surface area contributed by atoms with Gasteiger partial charge in [0, 0.05) is 17.4 Å². The van der Waals surface area contributed by atoms with Crippen LogP contribution in [-0.4, -0.2) is 12.2 Å². The van der Waals surface area contributed by atoms with Gasteiger partial charge >= 0.3 is 5.97 Å². The number of hydrogen-bond acceptors (Lipinski definition) is 4. The highest BCUT2D eigenvalue weighted by molar-refractivity contribution is 8.76. The molecule has 0 fully saturated rings. The number of carbonyl (C=O) groups is 1. The van der Waals surface area contributed by atoms with Crippen molar-refractivity contribution in [3.05, 3.63) is 29.8 Å². The summed E-state index contributed by atoms with van der Waals surface area (Å²) in [5, 5.41) is 0. The Kier molecular flexibility index (Phi) is 4.90. The largest absolute Gasteiger partial charge is 0.461 e. The van der Waals surface area contributed by atoms with Gasteiger partial charge in [0.2, 0.25) is 0 Å². The van der Waals surface area contributed by atoms with Crippen LogP contribution in [0.3, 0.4) is 0 Å². The normalized spacial score (nSPS) is 9.86. The minimum absolute atomic E-state index is 0.242. The number of benzene rings is 1. The minimum atomic E-state index is -0.242. The second-order valence-corrected chi connectivity index (χ2v) is 5.08. The molecule has 0 spiro atoms. The third-order valence-electron chi connectivity index (χ3n) is 1.58. The second kappa shape index (κ2) is 5.98. The Hall–Kier alpha value is -0.610. The van der Waals surface area contributed by atoms with Crippen molar-refractivity contribution >= 4 is 27.6 Å². The number of esters is 1. The summed E-state index contributed by atoms with van der Waals surface area (Å²) in [4.78, 5) is 11.8. The first-order valence-electron chi connectivity index (χ1n) is 4.16. The molecule has 76 valence electrons. The number of rotatable bonds is 4. The molecule has 14 heavy (non-hydrogen) atoms. The van der Waals surface area contributed by atoms with Gasteiger partial charge in [-0.25, -0.2) is 0 Å². The van der Waals surface area contributed by atoms with Crippen LogP contribution in [-0.2, 0) is 16.1 Å². The molecule has 4 heteroatoms. The van der Waals surface area contributed by atoms with Crippen molar-refractivity contribution < 1.29 is 9.53 Å². The van der Waals surface area contributed by atoms with Gasteiger partial charge < -0.3 is 4.74 Å². The zero-order valence-electron chi connectivity index (χ0n) is 8.15. The van der Waals surface area contributed by atoms with Crippen LogP contribution in [0.15, 0.2) is 29.2 Å². The van der Waals surface area contributed by atoms with Crippen LogP contribution in [0.2, 0.25) is 0 Å². The molecular formula is C10H12O2S2. The molecule has 0 aromatic heterocycles. The molecule has 0 aliphatic rings. The van der Waals surface area contributed by atoms with Gasteiger partial charge in [-0.15, -0.1) is 0 Å². The van der Waals surface area contributed by atoms with Crippen LogP contribution in [0.5, 0.6) is 0 Å². The summed E-state index contributed by atoms with van der Waals surface area (Å²) in [7, 11) is 3.36. The Bertz CT molecular complexity index is 313. The first-order valence-corrected chi connectivity index (χ1v) is 6.71. The lowest BCUT2D eigenvalue weighted by Gasteiger charge is -2.06. The van der Waals surface area contributed by atoms with Crippen LogP contribution in [0.1, 0.15) is 12.5 Å². The molecule has 0 unspecified atom stereocenters. The molecule has 1 aromatic rings. The molecule has 0 amide bonds. The third kappa shape index (κ3) is 3.64. The van der Waals surface area contributed by atoms with Gasteiger partial charge in [0.05, 0.1) is 0 Å². The molecule has 0 radical (unpaired) electrons. The van der Waals surface area contributed by atoms with E-state index in [1.165, 1.54) is 6.92 Å². The zero-order chi connectivity index (χ0) is 10.4. The average molecular weight is 228 g/mol. The van der Waals surface area contributed by atoms with Gasteiger partial charge in [0.1, 0.15) is 6.61 Å². The summed E-state index contributed by atoms with van der Waals surface area (Å²) in [6, 6.07) is 7.93. The summed E-state index contributed by atoms with van der Waals surface area (Å²) in [6.45, 7) is 1.78. The highest BCUT2D eigenvalue weighted by atomic mass is 33.1. The van der Waals surface area contributed by atoms with Gasteiger partial charge in [-0.3, -0.25) is 4.79 Å². The smallest absolute Gasteiger partial charge is 0.302 e. The maximum Gasteiger partial charge on any atom is 0.302 e. The van der Waals surface area contributed by atoms with E-state index in [0.29, 0.717) is 6.61 Å². The molecule has 0 bridgehead atoms. The lowest BCUT2D eigenvalue weighted by molar-refractivity contribution is -0.142. The van der Waals surface area contributed by atoms with Crippen molar-refractivity contribution in [1.82, 2.24) is 0 Å². The monoisotopic (exact) mass is 228 g/mol. The minimum Gasteiger partial charge on any atom is -0.461 e. The van der Waals surface area contributed by atoms with E-state index in [4.69, 9.17) is 4.74 Å². The summed E-state index contributed by atoms with van der Waals surface area (Å²) < 4.78 is 4.95. The van der Waals surface area contributed by atoms with Gasteiger partial charge in [-0.05, 0) is 12.3 Å². The molecule has 0 N–H and O–H groups in total. The van der Waals surface area contributed by atoms with Crippen LogP contribution >= 0.6 is 21.6 Å². The number of carbonyl (C=O) groups excluding carboxylic acids is 1. The SMILES string of the molecule is CSSc1ccccc1COC(C)=O. The topological polar surface area (TPSA) is 26.3 Å². The Balaban J connectivity index is 2.68. The summed E-state index contributed by atoms with van der Waals surface area (Å²) >= 11 is 0. The summed E-state index contributed by atoms with van der Waals surface area (Å²) in [5.74, 6) is -0.242. The Morgan fingerprint density at radius 3 is 2.79 bits per heavy atom. The van der Waals surface area contributed by atoms with Crippen molar-refractivity contribution in [2.45, 2.75) is 18.4 Å². The van der Waals surface area contributed by atoms with E-state index in [1.54, 1.807) is 21.6 Å². The molecular weight excluding hydrogens is 216 g/mol. The van der Waals surface area contributed by atoms with E-state index in [-0.39, 0.29) is 5.97 Å². The highest BCUT2D eigenvalue weighted by Gasteiger charge is 2.03. The summed E-state index contributed by atoms with van der Waals surface area (Å²) in [5.41, 5.74) is 1.06. The van der Waals surface area contributed by atoms with Crippen molar-refractivity contribution in [1.29, 1.82) is 0 Å². The van der Waals surface area contributed by atoms with E-state index in [1.807, 2.05) is 30.5 Å². The Labute approximate surface area is 91.8 Å². The van der Waals surface area contributed by atoms with Crippen LogP contribution < -0.4 is 0 Å². The van der Waals surface area contributed by atoms with Crippen molar-refractivity contribution in [3.63, 3.8) is 0 Å². The van der Waals surface area contributed by atoms with Crippen LogP contribution in [0.4, 0.5) is 0 Å². The molecule has 2 nitrogen and oxygen atoms in total. The maximum atomic E-state index is 10.7. The molecule has 0 saturated carbocycles. The predicted octanol–water partition coefficient (Wildman–Crippen LogP) is 3.12. The molecule has 0 atom stereocenters. The van der Waals surface area contributed by atoms with Gasteiger partial charge in [-0.2, -0.15) is 0 Å². The zero-order valence-corrected chi connectivity index (χ0v) is 9.78. The molecule has 1 aromatic carbocycles. The second-order valence-electron chi connectivity index (χ2n) is 2.64. The standard InChI is InChI=1S/C10H12O2S2/c1-8(11)12-7-9-5-3-4-6-10(9)14-13-2/h3-6H,7H2,1-2H3. The van der Waals surface area contributed by atoms with Gasteiger partial charge in [-0.1, -0.05) is 39.8 Å². The first-order chi connectivity index (χ1) is 6.74. The predicted molar refractivity (Wildman–Crippen MR) is 61.3 cm³/mol. The first kappa shape index (κ1) is 11.5. The van der Waals surface area contributed by atoms with E-state index in [0.717, 1.165) is 10.5 Å². The third-order valence-corrected chi connectivity index (χ3v) is 3.36. The van der Waals surface area contributed by atoms with Crippen molar-refractivity contribution in [3.8, 4) is 0 Å². The van der Waals surface area contributed by atoms with Gasteiger partial charge in [0.15, 0.2) is 0 Å².